The van der Waals surface area contributed by atoms with Crippen LogP contribution in [-0.2, 0) is 57.7 Å². The first-order valence-electron chi connectivity index (χ1n) is 24.9. The third kappa shape index (κ3) is 16.3. The Morgan fingerprint density at radius 3 is 2.22 bits per heavy atom. The van der Waals surface area contributed by atoms with Crippen LogP contribution in [0.4, 0.5) is 0 Å². The minimum Gasteiger partial charge on any atom is -0.460 e. The smallest absolute Gasteiger partial charge is 0.328 e. The van der Waals surface area contributed by atoms with E-state index in [1.165, 1.54) is 21.1 Å². The number of sulfonamides is 1. The van der Waals surface area contributed by atoms with Crippen molar-refractivity contribution in [1.82, 2.24) is 9.62 Å². The number of Topliss-reactive ketones (excluding diaryl/α,β-unsaturated/α-hetero) is 3. The van der Waals surface area contributed by atoms with E-state index in [1.54, 1.807) is 72.1 Å². The van der Waals surface area contributed by atoms with Crippen LogP contribution in [0.1, 0.15) is 132 Å². The fourth-order valence-electron chi connectivity index (χ4n) is 9.78. The molecule has 0 spiro atoms. The van der Waals surface area contributed by atoms with Crippen LogP contribution in [0.15, 0.2) is 47.6 Å². The standard InChI is InChI=1S/C52H82N2O14S/c1-31-18-15-13-12-14-16-19-32(2)46(56)48(65-10)47(57)35(5)26-33(3)42(55)30-44(34(4)27-38-23-25-43(45(28-38)64-9)66-39-20-17-21-39)67-51(60)37(7)54(8)50(59)49(58)52(61)36(6)22-24-40(68-52)29-41(31)53-69(11,62)63/h12-15,18,26,32-34,36-41,43-45,47-48,53,57,61H,16-17,19-25,27-30H2,1-11H3/b14-12-,15-13-,31-18-,35-26-/t32?,33?,34-,36+,37?,38+,40-,41?,43-,44?,45-,47?,48?,52+/m1/s1. The molecular weight excluding hydrogens is 909 g/mol. The molecule has 0 aromatic carbocycles. The molecule has 16 nitrogen and oxygen atoms in total. The number of fused-ring (bicyclic) bond motifs is 2. The number of nitrogens with zero attached hydrogens (tertiary/aromatic N) is 1. The quantitative estimate of drug-likeness (QED) is 0.140. The molecule has 0 aromatic rings. The molecule has 69 heavy (non-hydrogen) atoms. The number of nitrogens with one attached hydrogen (secondary N) is 1. The third-order valence-corrected chi connectivity index (χ3v) is 15.7. The van der Waals surface area contributed by atoms with E-state index in [2.05, 4.69) is 4.72 Å². The summed E-state index contributed by atoms with van der Waals surface area (Å²) in [4.78, 5) is 70.7. The first kappa shape index (κ1) is 58.2. The van der Waals surface area contributed by atoms with Gasteiger partial charge in [-0.3, -0.25) is 19.2 Å². The van der Waals surface area contributed by atoms with Gasteiger partial charge in [0.05, 0.1) is 30.7 Å². The van der Waals surface area contributed by atoms with Crippen molar-refractivity contribution in [3.8, 4) is 0 Å². The molecule has 2 heterocycles. The minimum absolute atomic E-state index is 0.0125. The van der Waals surface area contributed by atoms with E-state index in [9.17, 15) is 42.6 Å². The topological polar surface area (TPSA) is 221 Å². The summed E-state index contributed by atoms with van der Waals surface area (Å²) in [7, 11) is 0.560. The Hall–Kier alpha value is -3.42. The Morgan fingerprint density at radius 2 is 1.59 bits per heavy atom. The monoisotopic (exact) mass is 991 g/mol. The van der Waals surface area contributed by atoms with Gasteiger partial charge in [0.25, 0.3) is 11.7 Å². The number of ether oxygens (including phenoxy) is 5. The molecule has 2 aliphatic carbocycles. The average molecular weight is 991 g/mol. The molecule has 1 saturated heterocycles. The Balaban J connectivity index is 1.66. The zero-order chi connectivity index (χ0) is 51.4. The summed E-state index contributed by atoms with van der Waals surface area (Å²) in [6.45, 7) is 11.7. The SMILES string of the molecule is COC1C(=O)C(C)CC\C=C/C=C\C=C(\C)C(NS(C)(=O)=O)C[C@H]2CC[C@H](C)[C@](O)(O2)C(=O)C(=O)N(C)C(C)C(=O)OC([C@H](C)C[C@@H]2CC[C@@H](OC3CCC3)[C@H](OC)C2)CC(=O)C(C)/C=C(/C)C1O. The summed E-state index contributed by atoms with van der Waals surface area (Å²) in [5.41, 5.74) is 0.983. The van der Waals surface area contributed by atoms with Gasteiger partial charge in [0.2, 0.25) is 15.8 Å². The lowest BCUT2D eigenvalue weighted by molar-refractivity contribution is -0.263. The number of rotatable bonds is 9. The molecule has 2 saturated carbocycles. The van der Waals surface area contributed by atoms with Gasteiger partial charge in [-0.05, 0) is 115 Å². The van der Waals surface area contributed by atoms with Gasteiger partial charge in [0.15, 0.2) is 5.78 Å². The van der Waals surface area contributed by atoms with Crippen LogP contribution in [0.25, 0.3) is 0 Å². The van der Waals surface area contributed by atoms with Gasteiger partial charge in [0, 0.05) is 51.5 Å². The molecule has 390 valence electrons. The van der Waals surface area contributed by atoms with Gasteiger partial charge < -0.3 is 38.8 Å². The van der Waals surface area contributed by atoms with Gasteiger partial charge in [-0.2, -0.15) is 0 Å². The fourth-order valence-corrected chi connectivity index (χ4v) is 10.6. The van der Waals surface area contributed by atoms with Crippen LogP contribution in [0.3, 0.4) is 0 Å². The summed E-state index contributed by atoms with van der Waals surface area (Å²) >= 11 is 0. The molecule has 3 fully saturated rings. The highest BCUT2D eigenvalue weighted by Gasteiger charge is 2.52. The summed E-state index contributed by atoms with van der Waals surface area (Å²) in [6.07, 6.45) is 15.0. The molecule has 14 atom stereocenters. The molecule has 4 rings (SSSR count). The first-order chi connectivity index (χ1) is 32.4. The van der Waals surface area contributed by atoms with Crippen molar-refractivity contribution >= 4 is 39.2 Å². The van der Waals surface area contributed by atoms with Gasteiger partial charge >= 0.3 is 5.97 Å². The summed E-state index contributed by atoms with van der Waals surface area (Å²) in [6, 6.07) is -2.13. The zero-order valence-corrected chi connectivity index (χ0v) is 43.7. The Kier molecular flexibility index (Phi) is 22.2. The summed E-state index contributed by atoms with van der Waals surface area (Å²) in [5, 5.41) is 23.2. The van der Waals surface area contributed by atoms with E-state index >= 15 is 0 Å². The number of esters is 1. The highest BCUT2D eigenvalue weighted by Crippen LogP contribution is 2.38. The largest absolute Gasteiger partial charge is 0.460 e. The number of hydrogen-bond donors (Lipinski definition) is 3. The van der Waals surface area contributed by atoms with Crippen LogP contribution in [0.5, 0.6) is 0 Å². The molecule has 1 amide bonds. The van der Waals surface area contributed by atoms with Crippen LogP contribution in [0.2, 0.25) is 0 Å². The van der Waals surface area contributed by atoms with E-state index in [-0.39, 0.29) is 61.0 Å². The maximum Gasteiger partial charge on any atom is 0.328 e. The lowest BCUT2D eigenvalue weighted by atomic mass is 9.78. The van der Waals surface area contributed by atoms with Crippen molar-refractivity contribution in [1.29, 1.82) is 0 Å². The van der Waals surface area contributed by atoms with Gasteiger partial charge in [-0.25, -0.2) is 17.9 Å². The van der Waals surface area contributed by atoms with Gasteiger partial charge in [-0.15, -0.1) is 0 Å². The van der Waals surface area contributed by atoms with E-state index < -0.39 is 87.7 Å². The summed E-state index contributed by atoms with van der Waals surface area (Å²) < 4.78 is 57.6. The van der Waals surface area contributed by atoms with Crippen molar-refractivity contribution in [3.63, 3.8) is 0 Å². The molecular formula is C52H82N2O14S. The van der Waals surface area contributed by atoms with Crippen LogP contribution in [0, 0.1) is 29.6 Å². The molecule has 2 aliphatic heterocycles. The van der Waals surface area contributed by atoms with Crippen molar-refractivity contribution in [3.05, 3.63) is 47.6 Å². The lowest BCUT2D eigenvalue weighted by Gasteiger charge is -2.42. The number of carbonyl (C=O) groups is 5. The Bertz CT molecular complexity index is 2010. The van der Waals surface area contributed by atoms with Crippen molar-refractivity contribution < 1.29 is 66.3 Å². The van der Waals surface area contributed by atoms with Crippen LogP contribution in [-0.4, -0.2) is 141 Å². The predicted molar refractivity (Wildman–Crippen MR) is 261 cm³/mol. The number of ketones is 3. The molecule has 0 aromatic heterocycles. The Labute approximate surface area is 411 Å². The van der Waals surface area contributed by atoms with Gasteiger partial charge in [-0.1, -0.05) is 69.7 Å². The second kappa shape index (κ2) is 26.3. The zero-order valence-electron chi connectivity index (χ0n) is 42.9. The van der Waals surface area contributed by atoms with E-state index in [0.29, 0.717) is 36.8 Å². The minimum atomic E-state index is -3.73. The average Bonchev–Trinajstić information content (AvgIpc) is 3.28. The number of likely N-dealkylation sites (N-methyl/N-ethyl adjacent to an activating group) is 1. The molecule has 7 unspecified atom stereocenters. The number of cyclic esters (lactones) is 1. The second-order valence-electron chi connectivity index (χ2n) is 20.5. The highest BCUT2D eigenvalue weighted by atomic mass is 32.2. The number of aliphatic hydroxyl groups is 2. The molecule has 17 heteroatoms. The number of methoxy groups -OCH3 is 2. The molecule has 4 aliphatic rings. The van der Waals surface area contributed by atoms with Crippen molar-refractivity contribution in [2.45, 2.75) is 193 Å². The fraction of sp³-hybridized carbons (Fsp3) is 0.750. The number of aliphatic hydroxyl groups excluding tert-OH is 1. The molecule has 0 radical (unpaired) electrons. The first-order valence-corrected chi connectivity index (χ1v) is 26.8. The van der Waals surface area contributed by atoms with Gasteiger partial charge in [0.1, 0.15) is 30.1 Å². The van der Waals surface area contributed by atoms with Crippen molar-refractivity contribution in [2.24, 2.45) is 29.6 Å². The maximum atomic E-state index is 14.1. The van der Waals surface area contributed by atoms with Crippen LogP contribution < -0.4 is 4.72 Å². The maximum absolute atomic E-state index is 14.1. The van der Waals surface area contributed by atoms with E-state index in [4.69, 9.17) is 23.7 Å². The number of carbonyl (C=O) groups excluding carboxylic acids is 5. The highest BCUT2D eigenvalue weighted by molar-refractivity contribution is 7.88. The van der Waals surface area contributed by atoms with E-state index in [0.717, 1.165) is 49.7 Å². The van der Waals surface area contributed by atoms with E-state index in [1.807, 2.05) is 13.0 Å². The third-order valence-electron chi connectivity index (χ3n) is 15.0. The number of allylic oxidation sites excluding steroid dienone is 6. The summed E-state index contributed by atoms with van der Waals surface area (Å²) in [5.74, 6) is -8.73. The Morgan fingerprint density at radius 1 is 0.899 bits per heavy atom. The second-order valence-corrected chi connectivity index (χ2v) is 22.2. The van der Waals surface area contributed by atoms with Crippen LogP contribution >= 0.6 is 0 Å². The number of hydrogen-bond acceptors (Lipinski definition) is 14. The predicted octanol–water partition coefficient (Wildman–Crippen LogP) is 5.88. The molecule has 3 N–H and O–H groups in total. The lowest BCUT2D eigenvalue weighted by Crippen LogP contribution is -2.59. The molecule has 2 bridgehead atoms. The number of amides is 1. The van der Waals surface area contributed by atoms with Crippen molar-refractivity contribution in [2.75, 3.05) is 27.5 Å². The normalized spacial score (nSPS) is 38.2.